The molecule has 5 nitrogen and oxygen atoms in total. The van der Waals surface area contributed by atoms with Crippen molar-refractivity contribution in [3.05, 3.63) is 48.0 Å². The van der Waals surface area contributed by atoms with E-state index in [4.69, 9.17) is 4.74 Å². The summed E-state index contributed by atoms with van der Waals surface area (Å²) < 4.78 is 5.22. The molecule has 2 amide bonds. The number of carbonyl (C=O) groups is 2. The van der Waals surface area contributed by atoms with Crippen molar-refractivity contribution < 1.29 is 14.3 Å². The Morgan fingerprint density at radius 2 is 1.86 bits per heavy atom. The number of hydrogen-bond acceptors (Lipinski definition) is 3. The zero-order valence-electron chi connectivity index (χ0n) is 13.6. The fourth-order valence-electron chi connectivity index (χ4n) is 1.75. The van der Waals surface area contributed by atoms with Crippen molar-refractivity contribution in [2.75, 3.05) is 0 Å². The lowest BCUT2D eigenvalue weighted by Gasteiger charge is -2.22. The predicted molar refractivity (Wildman–Crippen MR) is 86.3 cm³/mol. The zero-order valence-corrected chi connectivity index (χ0v) is 13.6. The normalized spacial score (nSPS) is 12.2. The number of benzene rings is 1. The average Bonchev–Trinajstić information content (AvgIpc) is 2.43. The Hall–Kier alpha value is -2.30. The summed E-state index contributed by atoms with van der Waals surface area (Å²) in [5.74, 6) is -0.205. The summed E-state index contributed by atoms with van der Waals surface area (Å²) in [4.78, 5) is 22.8. The van der Waals surface area contributed by atoms with Crippen LogP contribution < -0.4 is 10.6 Å². The van der Waals surface area contributed by atoms with Crippen LogP contribution in [0.15, 0.2) is 36.9 Å². The Morgan fingerprint density at radius 3 is 2.36 bits per heavy atom. The van der Waals surface area contributed by atoms with Gasteiger partial charge < -0.3 is 15.4 Å². The smallest absolute Gasteiger partial charge is 0.408 e. The van der Waals surface area contributed by atoms with Gasteiger partial charge in [0.2, 0.25) is 5.91 Å². The van der Waals surface area contributed by atoms with E-state index in [2.05, 4.69) is 17.2 Å². The Morgan fingerprint density at radius 1 is 1.27 bits per heavy atom. The maximum absolute atomic E-state index is 11.7. The van der Waals surface area contributed by atoms with Crippen LogP contribution in [0, 0.1) is 0 Å². The van der Waals surface area contributed by atoms with Crippen LogP contribution in [0.5, 0.6) is 0 Å². The third-order valence-electron chi connectivity index (χ3n) is 2.87. The fraction of sp³-hybridized carbons (Fsp3) is 0.412. The van der Waals surface area contributed by atoms with Gasteiger partial charge in [0.05, 0.1) is 6.04 Å². The predicted octanol–water partition coefficient (Wildman–Crippen LogP) is 3.07. The lowest BCUT2D eigenvalue weighted by atomic mass is 10.1. The van der Waals surface area contributed by atoms with E-state index >= 15 is 0 Å². The quantitative estimate of drug-likeness (QED) is 0.822. The number of rotatable bonds is 5. The van der Waals surface area contributed by atoms with Crippen LogP contribution in [0.25, 0.3) is 0 Å². The number of carbonyl (C=O) groups excluding carboxylic acids is 2. The standard InChI is InChI=1S/C17H24N2O3/c1-6-15(20)18-11-13-7-9-14(10-8-13)12(2)19-16(21)22-17(3,4)5/h6-10,12H,1,11H2,2-5H3,(H,18,20)(H,19,21). The first-order valence-electron chi connectivity index (χ1n) is 7.20. The molecule has 22 heavy (non-hydrogen) atoms. The zero-order chi connectivity index (χ0) is 16.8. The van der Waals surface area contributed by atoms with E-state index < -0.39 is 11.7 Å². The van der Waals surface area contributed by atoms with Gasteiger partial charge >= 0.3 is 6.09 Å². The van der Waals surface area contributed by atoms with Gasteiger partial charge in [0, 0.05) is 6.54 Å². The third kappa shape index (κ3) is 6.43. The molecular weight excluding hydrogens is 280 g/mol. The number of alkyl carbamates (subject to hydrolysis) is 1. The summed E-state index contributed by atoms with van der Waals surface area (Å²) >= 11 is 0. The van der Waals surface area contributed by atoms with Gasteiger partial charge in [-0.05, 0) is 44.9 Å². The van der Waals surface area contributed by atoms with Gasteiger partial charge in [-0.3, -0.25) is 4.79 Å². The number of nitrogens with one attached hydrogen (secondary N) is 2. The van der Waals surface area contributed by atoms with E-state index in [0.717, 1.165) is 11.1 Å². The maximum atomic E-state index is 11.7. The fourth-order valence-corrected chi connectivity index (χ4v) is 1.75. The highest BCUT2D eigenvalue weighted by atomic mass is 16.6. The first-order chi connectivity index (χ1) is 10.2. The van der Waals surface area contributed by atoms with E-state index in [1.807, 2.05) is 52.0 Å². The van der Waals surface area contributed by atoms with Crippen molar-refractivity contribution in [1.82, 2.24) is 10.6 Å². The molecule has 120 valence electrons. The molecule has 0 heterocycles. The second kappa shape index (κ2) is 7.64. The number of amides is 2. The minimum absolute atomic E-state index is 0.160. The molecule has 0 spiro atoms. The molecule has 2 N–H and O–H groups in total. The molecule has 0 bridgehead atoms. The topological polar surface area (TPSA) is 67.4 Å². The first kappa shape index (κ1) is 17.8. The highest BCUT2D eigenvalue weighted by Gasteiger charge is 2.18. The van der Waals surface area contributed by atoms with Gasteiger partial charge in [-0.15, -0.1) is 0 Å². The molecule has 1 atom stereocenters. The molecule has 0 aliphatic rings. The molecule has 0 aliphatic heterocycles. The highest BCUT2D eigenvalue weighted by Crippen LogP contribution is 2.15. The second-order valence-corrected chi connectivity index (χ2v) is 6.03. The van der Waals surface area contributed by atoms with E-state index in [1.165, 1.54) is 6.08 Å². The molecule has 0 aromatic heterocycles. The lowest BCUT2D eigenvalue weighted by Crippen LogP contribution is -2.34. The van der Waals surface area contributed by atoms with Gasteiger partial charge in [0.1, 0.15) is 5.60 Å². The molecule has 0 saturated heterocycles. The minimum atomic E-state index is -0.517. The molecular formula is C17H24N2O3. The lowest BCUT2D eigenvalue weighted by molar-refractivity contribution is -0.116. The molecule has 0 radical (unpaired) electrons. The van der Waals surface area contributed by atoms with Crippen LogP contribution in [0.2, 0.25) is 0 Å². The third-order valence-corrected chi connectivity index (χ3v) is 2.87. The highest BCUT2D eigenvalue weighted by molar-refractivity contribution is 5.86. The molecule has 5 heteroatoms. The average molecular weight is 304 g/mol. The summed E-state index contributed by atoms with van der Waals surface area (Å²) in [5.41, 5.74) is 1.42. The van der Waals surface area contributed by atoms with Crippen LogP contribution in [-0.4, -0.2) is 17.6 Å². The van der Waals surface area contributed by atoms with E-state index in [-0.39, 0.29) is 11.9 Å². The largest absolute Gasteiger partial charge is 0.444 e. The van der Waals surface area contributed by atoms with Crippen LogP contribution in [0.1, 0.15) is 44.9 Å². The van der Waals surface area contributed by atoms with E-state index in [9.17, 15) is 9.59 Å². The Balaban J connectivity index is 2.56. The Bertz CT molecular complexity index is 530. The van der Waals surface area contributed by atoms with Crippen molar-refractivity contribution in [2.45, 2.75) is 45.9 Å². The minimum Gasteiger partial charge on any atom is -0.444 e. The SMILES string of the molecule is C=CC(=O)NCc1ccc(C(C)NC(=O)OC(C)(C)C)cc1. The van der Waals surface area contributed by atoms with Crippen molar-refractivity contribution in [1.29, 1.82) is 0 Å². The van der Waals surface area contributed by atoms with Gasteiger partial charge in [-0.25, -0.2) is 4.79 Å². The molecule has 0 saturated carbocycles. The summed E-state index contributed by atoms with van der Waals surface area (Å²) in [7, 11) is 0. The molecule has 1 aromatic rings. The van der Waals surface area contributed by atoms with Crippen LogP contribution >= 0.6 is 0 Å². The van der Waals surface area contributed by atoms with Crippen molar-refractivity contribution in [2.24, 2.45) is 0 Å². The Labute approximate surface area is 131 Å². The second-order valence-electron chi connectivity index (χ2n) is 6.03. The summed E-state index contributed by atoms with van der Waals surface area (Å²) in [6.45, 7) is 11.2. The summed E-state index contributed by atoms with van der Waals surface area (Å²) in [6, 6.07) is 7.49. The molecule has 0 aliphatic carbocycles. The Kier molecular flexibility index (Phi) is 6.16. The van der Waals surface area contributed by atoms with Crippen LogP contribution in [0.4, 0.5) is 4.79 Å². The van der Waals surface area contributed by atoms with E-state index in [0.29, 0.717) is 6.54 Å². The number of ether oxygens (including phenoxy) is 1. The number of hydrogen-bond donors (Lipinski definition) is 2. The van der Waals surface area contributed by atoms with Crippen LogP contribution in [0.3, 0.4) is 0 Å². The molecule has 0 fully saturated rings. The van der Waals surface area contributed by atoms with Crippen molar-refractivity contribution >= 4 is 12.0 Å². The molecule has 1 rings (SSSR count). The first-order valence-corrected chi connectivity index (χ1v) is 7.20. The van der Waals surface area contributed by atoms with E-state index in [1.54, 1.807) is 0 Å². The summed E-state index contributed by atoms with van der Waals surface area (Å²) in [6.07, 6.45) is 0.795. The van der Waals surface area contributed by atoms with Gasteiger partial charge in [-0.1, -0.05) is 30.8 Å². The molecule has 1 unspecified atom stereocenters. The van der Waals surface area contributed by atoms with Crippen LogP contribution in [-0.2, 0) is 16.1 Å². The summed E-state index contributed by atoms with van der Waals surface area (Å²) in [5, 5.41) is 5.50. The van der Waals surface area contributed by atoms with Gasteiger partial charge in [0.15, 0.2) is 0 Å². The van der Waals surface area contributed by atoms with Crippen molar-refractivity contribution in [3.8, 4) is 0 Å². The monoisotopic (exact) mass is 304 g/mol. The van der Waals surface area contributed by atoms with Gasteiger partial charge in [0.25, 0.3) is 0 Å². The van der Waals surface area contributed by atoms with Crippen molar-refractivity contribution in [3.63, 3.8) is 0 Å². The maximum Gasteiger partial charge on any atom is 0.408 e. The molecule has 1 aromatic carbocycles. The van der Waals surface area contributed by atoms with Gasteiger partial charge in [-0.2, -0.15) is 0 Å².